The van der Waals surface area contributed by atoms with Crippen LogP contribution in [0, 0.1) is 34.6 Å². The Morgan fingerprint density at radius 2 is 1.09 bits per heavy atom. The second-order valence-electron chi connectivity index (χ2n) is 3.12. The minimum atomic E-state index is 0. The molecule has 1 rings (SSSR count). The predicted octanol–water partition coefficient (Wildman–Crippen LogP) is 2.95. The minimum absolute atomic E-state index is 0. The summed E-state index contributed by atoms with van der Waals surface area (Å²) in [7, 11) is 0. The maximum absolute atomic E-state index is 2.20. The van der Waals surface area contributed by atoms with Gasteiger partial charge < -0.3 is 0 Å². The van der Waals surface area contributed by atoms with Gasteiger partial charge in [-0.2, -0.15) is 27.8 Å². The first-order chi connectivity index (χ1) is 4.55. The van der Waals surface area contributed by atoms with Crippen molar-refractivity contribution in [3.05, 3.63) is 27.8 Å². The summed E-state index contributed by atoms with van der Waals surface area (Å²) in [5.41, 5.74) is 7.34. The Morgan fingerprint density at radius 1 is 0.818 bits per heavy atom. The van der Waals surface area contributed by atoms with Gasteiger partial charge >= 0.3 is 0 Å². The molecule has 0 amide bonds. The second-order valence-corrected chi connectivity index (χ2v) is 3.12. The normalized spacial score (nSPS) is 9.55. The zero-order valence-electron chi connectivity index (χ0n) is 7.88. The fourth-order valence-corrected chi connectivity index (χ4v) is 1.41. The topological polar surface area (TPSA) is 0 Å². The minimum Gasteiger partial charge on any atom is -0.196 e. The predicted molar refractivity (Wildman–Crippen MR) is 45.7 cm³/mol. The van der Waals surface area contributed by atoms with Crippen molar-refractivity contribution < 1.29 is 17.1 Å². The van der Waals surface area contributed by atoms with Crippen molar-refractivity contribution in [1.82, 2.24) is 0 Å². The summed E-state index contributed by atoms with van der Waals surface area (Å²) in [5.74, 6) is 0. The fraction of sp³-hybridized carbons (Fsp3) is 0.500. The maximum atomic E-state index is 2.20. The molecule has 0 saturated carbocycles. The van der Waals surface area contributed by atoms with Crippen LogP contribution in [-0.4, -0.2) is 0 Å². The summed E-state index contributed by atoms with van der Waals surface area (Å²) in [6.45, 7) is 11.0. The van der Waals surface area contributed by atoms with E-state index in [9.17, 15) is 0 Å². The molecule has 0 bridgehead atoms. The first-order valence-electron chi connectivity index (χ1n) is 3.75. The molecule has 1 aromatic rings. The van der Waals surface area contributed by atoms with Gasteiger partial charge in [0.1, 0.15) is 0 Å². The first kappa shape index (κ1) is 10.9. The molecule has 0 atom stereocenters. The molecule has 0 fully saturated rings. The van der Waals surface area contributed by atoms with Gasteiger partial charge in [0.05, 0.1) is 0 Å². The van der Waals surface area contributed by atoms with Gasteiger partial charge in [-0.3, -0.25) is 0 Å². The quantitative estimate of drug-likeness (QED) is 0.436. The van der Waals surface area contributed by atoms with E-state index in [0.29, 0.717) is 0 Å². The van der Waals surface area contributed by atoms with Crippen LogP contribution in [0.5, 0.6) is 0 Å². The Hall–Kier alpha value is -0.131. The van der Waals surface area contributed by atoms with E-state index in [1.807, 2.05) is 0 Å². The average Bonchev–Trinajstić information content (AvgIpc) is 2.07. The van der Waals surface area contributed by atoms with Gasteiger partial charge in [0, 0.05) is 17.1 Å². The van der Waals surface area contributed by atoms with Gasteiger partial charge in [-0.05, 0) is 0 Å². The van der Waals surface area contributed by atoms with Crippen LogP contribution in [0.3, 0.4) is 0 Å². The van der Waals surface area contributed by atoms with Crippen LogP contribution >= 0.6 is 0 Å². The van der Waals surface area contributed by atoms with E-state index in [4.69, 9.17) is 0 Å². The van der Waals surface area contributed by atoms with Crippen LogP contribution < -0.4 is 0 Å². The summed E-state index contributed by atoms with van der Waals surface area (Å²) in [6, 6.07) is 0. The van der Waals surface area contributed by atoms with Crippen molar-refractivity contribution in [2.75, 3.05) is 0 Å². The molecule has 0 aliphatic carbocycles. The van der Waals surface area contributed by atoms with Crippen LogP contribution in [-0.2, 0) is 17.1 Å². The molecule has 63 valence electrons. The van der Waals surface area contributed by atoms with Crippen LogP contribution in [0.2, 0.25) is 0 Å². The van der Waals surface area contributed by atoms with Gasteiger partial charge in [0.25, 0.3) is 0 Å². The summed E-state index contributed by atoms with van der Waals surface area (Å²) < 4.78 is 0. The van der Waals surface area contributed by atoms with Crippen LogP contribution in [0.4, 0.5) is 0 Å². The third-order valence-electron chi connectivity index (χ3n) is 2.81. The van der Waals surface area contributed by atoms with Crippen molar-refractivity contribution in [2.45, 2.75) is 34.6 Å². The molecule has 0 N–H and O–H groups in total. The second kappa shape index (κ2) is 3.51. The zero-order valence-corrected chi connectivity index (χ0v) is 9.06. The van der Waals surface area contributed by atoms with E-state index in [-0.39, 0.29) is 17.1 Å². The molecule has 0 unspecified atom stereocenters. The van der Waals surface area contributed by atoms with Gasteiger partial charge in [-0.25, -0.2) is 0 Å². The van der Waals surface area contributed by atoms with Crippen LogP contribution in [0.15, 0.2) is 0 Å². The molecule has 0 saturated heterocycles. The third kappa shape index (κ3) is 1.55. The maximum Gasteiger partial charge on any atom is 0 e. The number of rotatable bonds is 0. The van der Waals surface area contributed by atoms with E-state index in [0.717, 1.165) is 0 Å². The summed E-state index contributed by atoms with van der Waals surface area (Å²) >= 11 is 0. The smallest absolute Gasteiger partial charge is 0 e. The Balaban J connectivity index is 0.000001000. The Morgan fingerprint density at radius 3 is 1.18 bits per heavy atom. The first-order valence-corrected chi connectivity index (χ1v) is 3.75. The molecular weight excluding hydrogens is 175 g/mol. The van der Waals surface area contributed by atoms with E-state index in [2.05, 4.69) is 34.6 Å². The Kier molecular flexibility index (Phi) is 3.47. The Bertz CT molecular complexity index is 176. The molecule has 1 radical (unpaired) electrons. The van der Waals surface area contributed by atoms with Crippen LogP contribution in [0.25, 0.3) is 0 Å². The average molecular weight is 190 g/mol. The Labute approximate surface area is 79.8 Å². The molecule has 0 heterocycles. The van der Waals surface area contributed by atoms with E-state index < -0.39 is 0 Å². The summed E-state index contributed by atoms with van der Waals surface area (Å²) in [5, 5.41) is 0. The zero-order chi connectivity index (χ0) is 7.89. The van der Waals surface area contributed by atoms with E-state index >= 15 is 0 Å². The monoisotopic (exact) mass is 190 g/mol. The fourth-order valence-electron chi connectivity index (χ4n) is 1.41. The number of hydrogen-bond acceptors (Lipinski definition) is 0. The van der Waals surface area contributed by atoms with E-state index in [1.54, 1.807) is 0 Å². The van der Waals surface area contributed by atoms with Crippen molar-refractivity contribution in [1.29, 1.82) is 0 Å². The molecule has 0 nitrogen and oxygen atoms in total. The molecule has 1 heteroatoms. The SMILES string of the molecule is Cc1c(C)c(C)[c-](C)c1C.[Mn]. The summed E-state index contributed by atoms with van der Waals surface area (Å²) in [4.78, 5) is 0. The van der Waals surface area contributed by atoms with Crippen molar-refractivity contribution in [3.63, 3.8) is 0 Å². The number of hydrogen-bond donors (Lipinski definition) is 0. The molecule has 1 aromatic carbocycles. The molecular formula is C10H15Mn-. The van der Waals surface area contributed by atoms with E-state index in [1.165, 1.54) is 27.8 Å². The van der Waals surface area contributed by atoms with Crippen molar-refractivity contribution in [3.8, 4) is 0 Å². The van der Waals surface area contributed by atoms with Gasteiger partial charge in [0.2, 0.25) is 0 Å². The van der Waals surface area contributed by atoms with Crippen LogP contribution in [0.1, 0.15) is 27.8 Å². The van der Waals surface area contributed by atoms with Gasteiger partial charge in [-0.1, -0.05) is 34.6 Å². The molecule has 0 aliphatic heterocycles. The molecule has 0 aliphatic rings. The van der Waals surface area contributed by atoms with Gasteiger partial charge in [-0.15, -0.1) is 0 Å². The standard InChI is InChI=1S/C10H15.Mn/c1-6-7(2)9(4)10(5)8(6)3;/h1-5H3;/q-1;. The van der Waals surface area contributed by atoms with Gasteiger partial charge in [0.15, 0.2) is 0 Å². The molecule has 0 aromatic heterocycles. The third-order valence-corrected chi connectivity index (χ3v) is 2.81. The molecule has 11 heavy (non-hydrogen) atoms. The van der Waals surface area contributed by atoms with Crippen molar-refractivity contribution >= 4 is 0 Å². The van der Waals surface area contributed by atoms with Crippen molar-refractivity contribution in [2.24, 2.45) is 0 Å². The summed E-state index contributed by atoms with van der Waals surface area (Å²) in [6.07, 6.45) is 0. The molecule has 0 spiro atoms. The largest absolute Gasteiger partial charge is 0.196 e.